The standard InChI is InChI=1S/C25H34N4O2/c1-5-25(2,3)27-23(30)19-12-14-21(15-13-19)26-24(31)28(4)18-20-10-6-7-11-22(20)29-16-8-9-17-29/h6-7,10-15H,5,8-9,16-18H2,1-4H3,(H,26,31)(H,27,30). The van der Waals surface area contributed by atoms with E-state index in [4.69, 9.17) is 0 Å². The minimum atomic E-state index is -0.252. The lowest BCUT2D eigenvalue weighted by atomic mass is 10.0. The summed E-state index contributed by atoms with van der Waals surface area (Å²) >= 11 is 0. The number of carbonyl (C=O) groups is 2. The van der Waals surface area contributed by atoms with Gasteiger partial charge in [-0.25, -0.2) is 4.79 Å². The summed E-state index contributed by atoms with van der Waals surface area (Å²) in [5.41, 5.74) is 3.35. The minimum absolute atomic E-state index is 0.111. The van der Waals surface area contributed by atoms with Crippen molar-refractivity contribution in [1.29, 1.82) is 0 Å². The molecule has 2 aromatic carbocycles. The molecule has 6 nitrogen and oxygen atoms in total. The number of hydrogen-bond donors (Lipinski definition) is 2. The molecule has 1 heterocycles. The van der Waals surface area contributed by atoms with Gasteiger partial charge in [-0.2, -0.15) is 0 Å². The lowest BCUT2D eigenvalue weighted by Gasteiger charge is -2.25. The molecule has 6 heteroatoms. The SMILES string of the molecule is CCC(C)(C)NC(=O)c1ccc(NC(=O)N(C)Cc2ccccc2N2CCCC2)cc1. The van der Waals surface area contributed by atoms with E-state index in [1.54, 1.807) is 36.2 Å². The summed E-state index contributed by atoms with van der Waals surface area (Å²) in [6.45, 7) is 8.71. The van der Waals surface area contributed by atoms with Crippen LogP contribution in [0.4, 0.5) is 16.2 Å². The van der Waals surface area contributed by atoms with Crippen molar-refractivity contribution >= 4 is 23.3 Å². The van der Waals surface area contributed by atoms with Crippen LogP contribution in [0.3, 0.4) is 0 Å². The second-order valence-electron chi connectivity index (χ2n) is 8.88. The molecule has 166 valence electrons. The van der Waals surface area contributed by atoms with Crippen LogP contribution in [0.1, 0.15) is 56.0 Å². The predicted octanol–water partition coefficient (Wildman–Crippen LogP) is 4.87. The maximum Gasteiger partial charge on any atom is 0.321 e. The first-order valence-corrected chi connectivity index (χ1v) is 11.1. The minimum Gasteiger partial charge on any atom is -0.371 e. The number of nitrogens with zero attached hydrogens (tertiary/aromatic N) is 2. The first-order valence-electron chi connectivity index (χ1n) is 11.1. The molecule has 0 aromatic heterocycles. The summed E-state index contributed by atoms with van der Waals surface area (Å²) in [5.74, 6) is -0.111. The van der Waals surface area contributed by atoms with E-state index in [-0.39, 0.29) is 17.5 Å². The van der Waals surface area contributed by atoms with E-state index in [1.165, 1.54) is 18.5 Å². The van der Waals surface area contributed by atoms with Crippen LogP contribution in [0.25, 0.3) is 0 Å². The van der Waals surface area contributed by atoms with Crippen molar-refractivity contribution in [2.24, 2.45) is 0 Å². The zero-order valence-electron chi connectivity index (χ0n) is 19.1. The summed E-state index contributed by atoms with van der Waals surface area (Å²) < 4.78 is 0. The number of nitrogens with one attached hydrogen (secondary N) is 2. The van der Waals surface area contributed by atoms with Gasteiger partial charge >= 0.3 is 6.03 Å². The Morgan fingerprint density at radius 2 is 1.68 bits per heavy atom. The van der Waals surface area contributed by atoms with Crippen molar-refractivity contribution in [3.05, 3.63) is 59.7 Å². The van der Waals surface area contributed by atoms with Crippen LogP contribution in [0, 0.1) is 0 Å². The highest BCUT2D eigenvalue weighted by atomic mass is 16.2. The molecule has 0 radical (unpaired) electrons. The Hall–Kier alpha value is -3.02. The van der Waals surface area contributed by atoms with Crippen molar-refractivity contribution in [1.82, 2.24) is 10.2 Å². The third-order valence-electron chi connectivity index (χ3n) is 5.93. The van der Waals surface area contributed by atoms with E-state index in [0.717, 1.165) is 25.1 Å². The third-order valence-corrected chi connectivity index (χ3v) is 5.93. The lowest BCUT2D eigenvalue weighted by molar-refractivity contribution is 0.0911. The van der Waals surface area contributed by atoms with Gasteiger partial charge in [0.15, 0.2) is 0 Å². The highest BCUT2D eigenvalue weighted by Crippen LogP contribution is 2.25. The molecule has 0 saturated carbocycles. The molecule has 2 N–H and O–H groups in total. The number of urea groups is 1. The molecule has 2 aromatic rings. The molecule has 1 aliphatic heterocycles. The van der Waals surface area contributed by atoms with Crippen LogP contribution < -0.4 is 15.5 Å². The number of hydrogen-bond acceptors (Lipinski definition) is 3. The molecule has 0 spiro atoms. The number of anilines is 2. The topological polar surface area (TPSA) is 64.7 Å². The zero-order chi connectivity index (χ0) is 22.4. The first-order chi connectivity index (χ1) is 14.8. The summed E-state index contributed by atoms with van der Waals surface area (Å²) in [6.07, 6.45) is 3.28. The van der Waals surface area contributed by atoms with E-state index >= 15 is 0 Å². The van der Waals surface area contributed by atoms with Gasteiger partial charge in [-0.1, -0.05) is 25.1 Å². The highest BCUT2D eigenvalue weighted by Gasteiger charge is 2.20. The van der Waals surface area contributed by atoms with E-state index in [0.29, 0.717) is 17.8 Å². The monoisotopic (exact) mass is 422 g/mol. The number of amides is 3. The Morgan fingerprint density at radius 3 is 2.32 bits per heavy atom. The summed E-state index contributed by atoms with van der Waals surface area (Å²) in [7, 11) is 1.80. The Bertz CT molecular complexity index is 902. The quantitative estimate of drug-likeness (QED) is 0.669. The average Bonchev–Trinajstić information content (AvgIpc) is 3.29. The Balaban J connectivity index is 1.60. The van der Waals surface area contributed by atoms with Gasteiger partial charge in [0.1, 0.15) is 0 Å². The van der Waals surface area contributed by atoms with E-state index < -0.39 is 0 Å². The number of benzene rings is 2. The van der Waals surface area contributed by atoms with Gasteiger partial charge in [-0.05, 0) is 69.0 Å². The molecule has 0 unspecified atom stereocenters. The molecule has 31 heavy (non-hydrogen) atoms. The van der Waals surface area contributed by atoms with Gasteiger partial charge in [-0.3, -0.25) is 4.79 Å². The molecule has 0 aliphatic carbocycles. The normalized spacial score (nSPS) is 13.7. The molecule has 1 saturated heterocycles. The van der Waals surface area contributed by atoms with E-state index in [2.05, 4.69) is 33.7 Å². The summed E-state index contributed by atoms with van der Waals surface area (Å²) in [5, 5.41) is 5.94. The Morgan fingerprint density at radius 1 is 1.03 bits per heavy atom. The average molecular weight is 423 g/mol. The number of rotatable bonds is 7. The van der Waals surface area contributed by atoms with Gasteiger partial charge < -0.3 is 20.4 Å². The fourth-order valence-electron chi connectivity index (χ4n) is 3.63. The zero-order valence-corrected chi connectivity index (χ0v) is 19.1. The van der Waals surface area contributed by atoms with Crippen LogP contribution in [-0.2, 0) is 6.54 Å². The Labute approximate surface area is 185 Å². The molecule has 0 atom stereocenters. The van der Waals surface area contributed by atoms with Crippen LogP contribution >= 0.6 is 0 Å². The molecule has 1 fully saturated rings. The predicted molar refractivity (Wildman–Crippen MR) is 127 cm³/mol. The lowest BCUT2D eigenvalue weighted by Crippen LogP contribution is -2.42. The fraction of sp³-hybridized carbons (Fsp3) is 0.440. The summed E-state index contributed by atoms with van der Waals surface area (Å²) in [4.78, 5) is 29.2. The highest BCUT2D eigenvalue weighted by molar-refractivity contribution is 5.96. The molecular formula is C25H34N4O2. The molecule has 3 rings (SSSR count). The molecular weight excluding hydrogens is 388 g/mol. The van der Waals surface area contributed by atoms with Gasteiger partial charge in [0.05, 0.1) is 0 Å². The van der Waals surface area contributed by atoms with E-state index in [9.17, 15) is 9.59 Å². The van der Waals surface area contributed by atoms with Crippen LogP contribution in [0.5, 0.6) is 0 Å². The van der Waals surface area contributed by atoms with Crippen molar-refractivity contribution in [2.45, 2.75) is 52.1 Å². The van der Waals surface area contributed by atoms with Crippen LogP contribution in [0.15, 0.2) is 48.5 Å². The van der Waals surface area contributed by atoms with Crippen molar-refractivity contribution in [3.8, 4) is 0 Å². The molecule has 1 aliphatic rings. The smallest absolute Gasteiger partial charge is 0.321 e. The maximum absolute atomic E-state index is 12.7. The largest absolute Gasteiger partial charge is 0.371 e. The van der Waals surface area contributed by atoms with Gasteiger partial charge in [-0.15, -0.1) is 0 Å². The van der Waals surface area contributed by atoms with Crippen molar-refractivity contribution in [3.63, 3.8) is 0 Å². The molecule has 0 bridgehead atoms. The number of para-hydroxylation sites is 1. The first kappa shape index (κ1) is 22.7. The third kappa shape index (κ3) is 6.00. The second kappa shape index (κ2) is 9.86. The van der Waals surface area contributed by atoms with Crippen LogP contribution in [0.2, 0.25) is 0 Å². The number of carbonyl (C=O) groups excluding carboxylic acids is 2. The van der Waals surface area contributed by atoms with Gasteiger partial charge in [0, 0.05) is 49.2 Å². The van der Waals surface area contributed by atoms with Gasteiger partial charge in [0.2, 0.25) is 0 Å². The molecule has 3 amide bonds. The van der Waals surface area contributed by atoms with E-state index in [1.807, 2.05) is 26.8 Å². The van der Waals surface area contributed by atoms with Crippen LogP contribution in [-0.4, -0.2) is 42.5 Å². The van der Waals surface area contributed by atoms with Crippen molar-refractivity contribution < 1.29 is 9.59 Å². The Kier molecular flexibility index (Phi) is 7.21. The summed E-state index contributed by atoms with van der Waals surface area (Å²) in [6, 6.07) is 15.1. The fourth-order valence-corrected chi connectivity index (χ4v) is 3.63. The second-order valence-corrected chi connectivity index (χ2v) is 8.88. The maximum atomic E-state index is 12.7. The van der Waals surface area contributed by atoms with Gasteiger partial charge in [0.25, 0.3) is 5.91 Å². The van der Waals surface area contributed by atoms with Crippen molar-refractivity contribution in [2.75, 3.05) is 30.4 Å².